The molecular weight excluding hydrogens is 572 g/mol. The van der Waals surface area contributed by atoms with Crippen LogP contribution in [-0.4, -0.2) is 58.8 Å². The Bertz CT molecular complexity index is 808. The third kappa shape index (κ3) is 6.64. The Morgan fingerprint density at radius 1 is 1.06 bits per heavy atom. The van der Waals surface area contributed by atoms with Gasteiger partial charge in [0.15, 0.2) is 0 Å². The molecule has 2 aliphatic rings. The van der Waals surface area contributed by atoms with E-state index in [0.29, 0.717) is 18.5 Å². The summed E-state index contributed by atoms with van der Waals surface area (Å²) in [5, 5.41) is 8.67. The van der Waals surface area contributed by atoms with Crippen LogP contribution in [0.15, 0.2) is 30.7 Å². The van der Waals surface area contributed by atoms with Crippen molar-refractivity contribution in [1.29, 1.82) is 0 Å². The van der Waals surface area contributed by atoms with Crippen molar-refractivity contribution in [1.82, 2.24) is 19.7 Å². The van der Waals surface area contributed by atoms with Crippen molar-refractivity contribution < 1.29 is 25.9 Å². The van der Waals surface area contributed by atoms with Gasteiger partial charge < -0.3 is 15.1 Å². The number of carbonyl (C=O) groups is 1. The molecule has 2 fully saturated rings. The second-order valence-corrected chi connectivity index (χ2v) is 8.31. The number of hydrogen-bond acceptors (Lipinski definition) is 4. The van der Waals surface area contributed by atoms with E-state index in [4.69, 9.17) is 0 Å². The molecule has 2 aliphatic heterocycles. The van der Waals surface area contributed by atoms with Gasteiger partial charge in [0, 0.05) is 65.6 Å². The summed E-state index contributed by atoms with van der Waals surface area (Å²) in [6.07, 6.45) is 9.70. The topological polar surface area (TPSA) is 68.4 Å². The van der Waals surface area contributed by atoms with E-state index < -0.39 is 0 Å². The van der Waals surface area contributed by atoms with Crippen molar-refractivity contribution in [3.8, 4) is 0 Å². The maximum absolute atomic E-state index is 13.0. The first kappa shape index (κ1) is 26.5. The number of carbonyl (C=O) groups excluding carboxylic acids is 1. The molecule has 0 spiro atoms. The fourth-order valence-corrected chi connectivity index (χ4v) is 4.45. The van der Waals surface area contributed by atoms with Crippen LogP contribution < -0.4 is 4.90 Å². The van der Waals surface area contributed by atoms with Gasteiger partial charge in [-0.25, -0.2) is 4.98 Å². The smallest absolute Gasteiger partial charge is 0.225 e. The first-order valence-electron chi connectivity index (χ1n) is 11.7. The summed E-state index contributed by atoms with van der Waals surface area (Å²) in [5.41, 5.74) is 2.33. The van der Waals surface area contributed by atoms with Gasteiger partial charge in [0.25, 0.3) is 0 Å². The van der Waals surface area contributed by atoms with Crippen molar-refractivity contribution in [2.45, 2.75) is 59.0 Å². The molecule has 0 N–H and O–H groups in total. The second kappa shape index (κ2) is 13.1. The van der Waals surface area contributed by atoms with Crippen molar-refractivity contribution in [2.75, 3.05) is 38.1 Å². The summed E-state index contributed by atoms with van der Waals surface area (Å²) in [5.74, 6) is 1.51. The number of nitrogens with zero attached hydrogens (tertiary/aromatic N) is 6. The number of likely N-dealkylation sites (tertiary alicyclic amines) is 1. The molecule has 4 rings (SSSR count). The van der Waals surface area contributed by atoms with Gasteiger partial charge in [-0.15, -0.1) is 6.54 Å². The van der Waals surface area contributed by atoms with Crippen molar-refractivity contribution in [3.05, 3.63) is 47.2 Å². The van der Waals surface area contributed by atoms with Crippen LogP contribution in [-0.2, 0) is 32.4 Å². The molecule has 0 bridgehead atoms. The Kier molecular flexibility index (Phi) is 10.9. The Labute approximate surface area is 207 Å². The Morgan fingerprint density at radius 2 is 1.75 bits per heavy atom. The molecule has 2 aromatic rings. The normalized spacial score (nSPS) is 17.4. The second-order valence-electron chi connectivity index (χ2n) is 8.31. The standard InChI is InChI=1S/C22H31N6O.C2H6.W/c1-17-3-4-21(24-13-17)26-9-5-19(6-10-26)22(29)27-11-7-20(8-12-27)28-16-18(14-23-2)15-25-28;1-2;/h3-4,13,15-16,19-20H,5-12,14H2,1-2H3;1-2H3;/q-1;;. The van der Waals surface area contributed by atoms with Crippen LogP contribution in [0, 0.1) is 12.8 Å². The van der Waals surface area contributed by atoms with Gasteiger partial charge in [-0.2, -0.15) is 12.1 Å². The van der Waals surface area contributed by atoms with Crippen LogP contribution in [0.2, 0.25) is 0 Å². The Hall–Kier alpha value is -1.72. The van der Waals surface area contributed by atoms with Gasteiger partial charge >= 0.3 is 0 Å². The molecule has 32 heavy (non-hydrogen) atoms. The number of rotatable bonds is 5. The van der Waals surface area contributed by atoms with Crippen molar-refractivity contribution in [2.24, 2.45) is 5.92 Å². The monoisotopic (exact) mass is 609 g/mol. The predicted octanol–water partition coefficient (Wildman–Crippen LogP) is 4.19. The molecule has 0 aromatic carbocycles. The van der Waals surface area contributed by atoms with Gasteiger partial charge in [-0.1, -0.05) is 19.9 Å². The molecule has 2 aromatic heterocycles. The minimum Gasteiger partial charge on any atom is -0.661 e. The Balaban J connectivity index is 0.00000118. The van der Waals surface area contributed by atoms with Gasteiger partial charge in [-0.3, -0.25) is 9.48 Å². The summed E-state index contributed by atoms with van der Waals surface area (Å²) in [6.45, 7) is 10.2. The van der Waals surface area contributed by atoms with E-state index in [1.54, 1.807) is 0 Å². The number of amides is 1. The predicted molar refractivity (Wildman–Crippen MR) is 125 cm³/mol. The number of hydrogen-bond donors (Lipinski definition) is 0. The van der Waals surface area contributed by atoms with Crippen molar-refractivity contribution in [3.63, 3.8) is 0 Å². The zero-order valence-electron chi connectivity index (χ0n) is 19.9. The van der Waals surface area contributed by atoms with Gasteiger partial charge in [-0.05, 0) is 49.8 Å². The number of piperidine rings is 2. The summed E-state index contributed by atoms with van der Waals surface area (Å²) < 4.78 is 2.06. The molecule has 2 saturated heterocycles. The minimum atomic E-state index is 0. The average Bonchev–Trinajstić information content (AvgIpc) is 3.30. The molecule has 1 amide bonds. The molecule has 0 saturated carbocycles. The third-order valence-corrected chi connectivity index (χ3v) is 6.21. The fraction of sp³-hybridized carbons (Fsp3) is 0.625. The number of aromatic nitrogens is 3. The zero-order valence-corrected chi connectivity index (χ0v) is 22.8. The SMILES string of the molecule is CC.C[N-]Cc1cnn(C2CCN(C(=O)C3CCN(c4ccc(C)cn4)CC3)CC2)c1.[W]. The maximum Gasteiger partial charge on any atom is 0.225 e. The summed E-state index contributed by atoms with van der Waals surface area (Å²) >= 11 is 0. The maximum atomic E-state index is 13.0. The van der Waals surface area contributed by atoms with Crippen LogP contribution in [0.25, 0.3) is 5.32 Å². The molecule has 8 heteroatoms. The summed E-state index contributed by atoms with van der Waals surface area (Å²) in [4.78, 5) is 21.9. The number of anilines is 1. The van der Waals surface area contributed by atoms with Gasteiger partial charge in [0.05, 0.1) is 12.2 Å². The quantitative estimate of drug-likeness (QED) is 0.510. The molecule has 176 valence electrons. The molecule has 4 heterocycles. The number of aryl methyl sites for hydroxylation is 1. The summed E-state index contributed by atoms with van der Waals surface area (Å²) in [6, 6.07) is 4.57. The first-order valence-corrected chi connectivity index (χ1v) is 11.7. The molecule has 7 nitrogen and oxygen atoms in total. The van der Waals surface area contributed by atoms with E-state index in [1.165, 1.54) is 5.56 Å². The third-order valence-electron chi connectivity index (χ3n) is 6.21. The average molecular weight is 609 g/mol. The van der Waals surface area contributed by atoms with E-state index in [0.717, 1.165) is 63.2 Å². The summed E-state index contributed by atoms with van der Waals surface area (Å²) in [7, 11) is 1.82. The molecule has 0 unspecified atom stereocenters. The van der Waals surface area contributed by atoms with Crippen LogP contribution in [0.1, 0.15) is 56.7 Å². The van der Waals surface area contributed by atoms with Crippen LogP contribution in [0.5, 0.6) is 0 Å². The molecule has 0 atom stereocenters. The van der Waals surface area contributed by atoms with Gasteiger partial charge in [0.2, 0.25) is 5.91 Å². The first-order chi connectivity index (χ1) is 15.1. The van der Waals surface area contributed by atoms with Gasteiger partial charge in [0.1, 0.15) is 5.82 Å². The van der Waals surface area contributed by atoms with Crippen LogP contribution in [0.4, 0.5) is 5.82 Å². The van der Waals surface area contributed by atoms with E-state index in [9.17, 15) is 4.79 Å². The molecular formula is C24H37N6OW-. The van der Waals surface area contributed by atoms with E-state index in [1.807, 2.05) is 33.3 Å². The fourth-order valence-electron chi connectivity index (χ4n) is 4.45. The zero-order chi connectivity index (χ0) is 22.2. The van der Waals surface area contributed by atoms with E-state index >= 15 is 0 Å². The van der Waals surface area contributed by atoms with E-state index in [2.05, 4.69) is 55.1 Å². The minimum absolute atomic E-state index is 0. The molecule has 0 aliphatic carbocycles. The van der Waals surface area contributed by atoms with Crippen LogP contribution >= 0.6 is 0 Å². The molecule has 0 radical (unpaired) electrons. The van der Waals surface area contributed by atoms with E-state index in [-0.39, 0.29) is 27.0 Å². The number of pyridine rings is 1. The van der Waals surface area contributed by atoms with Crippen molar-refractivity contribution >= 4 is 11.7 Å². The van der Waals surface area contributed by atoms with Crippen LogP contribution in [0.3, 0.4) is 0 Å². The Morgan fingerprint density at radius 3 is 2.34 bits per heavy atom. The largest absolute Gasteiger partial charge is 0.661 e.